The highest BCUT2D eigenvalue weighted by Crippen LogP contribution is 2.62. The van der Waals surface area contributed by atoms with E-state index in [9.17, 15) is 0 Å². The van der Waals surface area contributed by atoms with Gasteiger partial charge in [-0.05, 0) is 66.6 Å². The molecule has 0 aromatic heterocycles. The van der Waals surface area contributed by atoms with Crippen LogP contribution in [0.25, 0.3) is 11.1 Å². The van der Waals surface area contributed by atoms with Crippen LogP contribution in [0, 0.1) is 0 Å². The zero-order chi connectivity index (χ0) is 21.0. The average Bonchev–Trinajstić information content (AvgIpc) is 3.11. The van der Waals surface area contributed by atoms with Crippen molar-refractivity contribution in [3.8, 4) is 0 Å². The molecule has 0 saturated carbocycles. The largest absolute Gasteiger partial charge is 0.494 e. The first-order valence-electron chi connectivity index (χ1n) is 10.7. The number of fused-ring (bicyclic) bond motifs is 4. The zero-order valence-electron chi connectivity index (χ0n) is 18.9. The first-order valence-corrected chi connectivity index (χ1v) is 10.7. The minimum atomic E-state index is -0.326. The Morgan fingerprint density at radius 3 is 1.76 bits per heavy atom. The summed E-state index contributed by atoms with van der Waals surface area (Å²) in [6.07, 6.45) is 0. The number of allylic oxidation sites excluding steroid dienone is 2. The first kappa shape index (κ1) is 19.1. The van der Waals surface area contributed by atoms with Crippen LogP contribution in [0.5, 0.6) is 0 Å². The smallest absolute Gasteiger partial charge is 0.399 e. The molecule has 0 bridgehead atoms. The van der Waals surface area contributed by atoms with Crippen LogP contribution < -0.4 is 5.46 Å². The van der Waals surface area contributed by atoms with Crippen molar-refractivity contribution < 1.29 is 9.31 Å². The molecule has 0 N–H and O–H groups in total. The van der Waals surface area contributed by atoms with E-state index in [1.165, 1.54) is 33.4 Å². The maximum Gasteiger partial charge on any atom is 0.494 e. The quantitative estimate of drug-likeness (QED) is 0.605. The molecule has 0 spiro atoms. The van der Waals surface area contributed by atoms with Crippen molar-refractivity contribution in [3.63, 3.8) is 0 Å². The molecular formula is C26H31BO2. The van der Waals surface area contributed by atoms with E-state index < -0.39 is 0 Å². The number of rotatable bonds is 1. The number of hydrogen-bond donors (Lipinski definition) is 0. The summed E-state index contributed by atoms with van der Waals surface area (Å²) in [4.78, 5) is 0. The van der Waals surface area contributed by atoms with Crippen molar-refractivity contribution in [1.82, 2.24) is 0 Å². The minimum Gasteiger partial charge on any atom is -0.399 e. The van der Waals surface area contributed by atoms with Gasteiger partial charge in [0, 0.05) is 10.8 Å². The summed E-state index contributed by atoms with van der Waals surface area (Å²) in [5.74, 6) is 0. The molecule has 2 nitrogen and oxygen atoms in total. The van der Waals surface area contributed by atoms with Crippen LogP contribution in [0.4, 0.5) is 0 Å². The standard InChI is InChI=1S/C26H31BO2/c1-23(2)19-12-10-9-11-17(19)21-22(23)18-14-13-16(15-20(18)24(21,3)4)27-28-25(5,6)26(7,8)29-27/h9-15H,1-8H3. The molecule has 1 saturated heterocycles. The van der Waals surface area contributed by atoms with Crippen molar-refractivity contribution >= 4 is 23.7 Å². The van der Waals surface area contributed by atoms with E-state index in [0.717, 1.165) is 5.46 Å². The molecule has 2 aliphatic carbocycles. The van der Waals surface area contributed by atoms with Gasteiger partial charge in [0.15, 0.2) is 0 Å². The number of hydrogen-bond acceptors (Lipinski definition) is 2. The monoisotopic (exact) mass is 386 g/mol. The molecular weight excluding hydrogens is 355 g/mol. The molecule has 0 amide bonds. The van der Waals surface area contributed by atoms with Gasteiger partial charge in [-0.3, -0.25) is 0 Å². The summed E-state index contributed by atoms with van der Waals surface area (Å²) in [5.41, 5.74) is 9.02. The summed E-state index contributed by atoms with van der Waals surface area (Å²) in [5, 5.41) is 0. The molecule has 1 heterocycles. The SMILES string of the molecule is CC1(C)C2=C(c3ccccc31)C(C)(C)c1cc(B3OC(C)(C)C(C)(C)O3)ccc12. The van der Waals surface area contributed by atoms with Crippen LogP contribution in [0.1, 0.15) is 77.6 Å². The van der Waals surface area contributed by atoms with E-state index in [1.807, 2.05) is 0 Å². The Morgan fingerprint density at radius 1 is 0.621 bits per heavy atom. The molecule has 0 unspecified atom stereocenters. The van der Waals surface area contributed by atoms with E-state index >= 15 is 0 Å². The highest BCUT2D eigenvalue weighted by Gasteiger charge is 2.53. The Labute approximate surface area is 175 Å². The second-order valence-corrected chi connectivity index (χ2v) is 10.9. The minimum absolute atomic E-state index is 0.0142. The Morgan fingerprint density at radius 2 is 1.14 bits per heavy atom. The zero-order valence-corrected chi connectivity index (χ0v) is 18.9. The van der Waals surface area contributed by atoms with Gasteiger partial charge in [0.1, 0.15) is 0 Å². The van der Waals surface area contributed by atoms with Crippen LogP contribution >= 0.6 is 0 Å². The van der Waals surface area contributed by atoms with Crippen LogP contribution in [0.3, 0.4) is 0 Å². The van der Waals surface area contributed by atoms with Crippen LogP contribution in [0.15, 0.2) is 42.5 Å². The Bertz CT molecular complexity index is 1060. The van der Waals surface area contributed by atoms with Gasteiger partial charge in [-0.15, -0.1) is 0 Å². The fourth-order valence-electron chi connectivity index (χ4n) is 5.51. The van der Waals surface area contributed by atoms with E-state index in [1.54, 1.807) is 0 Å². The molecule has 3 aliphatic rings. The van der Waals surface area contributed by atoms with E-state index in [-0.39, 0.29) is 29.2 Å². The van der Waals surface area contributed by atoms with Crippen molar-refractivity contribution in [1.29, 1.82) is 0 Å². The third-order valence-corrected chi connectivity index (χ3v) is 7.88. The fraction of sp³-hybridized carbons (Fsp3) is 0.462. The maximum absolute atomic E-state index is 6.33. The van der Waals surface area contributed by atoms with E-state index in [4.69, 9.17) is 9.31 Å². The van der Waals surface area contributed by atoms with Crippen LogP contribution in [-0.2, 0) is 20.1 Å². The van der Waals surface area contributed by atoms with Gasteiger partial charge in [0.25, 0.3) is 0 Å². The Balaban J connectivity index is 1.63. The van der Waals surface area contributed by atoms with Gasteiger partial charge in [-0.2, -0.15) is 0 Å². The average molecular weight is 386 g/mol. The van der Waals surface area contributed by atoms with Gasteiger partial charge in [0.2, 0.25) is 0 Å². The van der Waals surface area contributed by atoms with Crippen molar-refractivity contribution in [2.75, 3.05) is 0 Å². The molecule has 2 aromatic rings. The predicted octanol–water partition coefficient (Wildman–Crippen LogP) is 5.48. The maximum atomic E-state index is 6.33. The second-order valence-electron chi connectivity index (χ2n) is 10.9. The summed E-state index contributed by atoms with van der Waals surface area (Å²) in [6.45, 7) is 17.9. The third-order valence-electron chi connectivity index (χ3n) is 7.88. The van der Waals surface area contributed by atoms with E-state index in [2.05, 4.69) is 97.9 Å². The number of benzene rings is 2. The topological polar surface area (TPSA) is 18.5 Å². The van der Waals surface area contributed by atoms with Crippen molar-refractivity contribution in [2.24, 2.45) is 0 Å². The Hall–Kier alpha value is -1.84. The van der Waals surface area contributed by atoms with Gasteiger partial charge in [0.05, 0.1) is 11.2 Å². The lowest BCUT2D eigenvalue weighted by Gasteiger charge is -2.32. The van der Waals surface area contributed by atoms with E-state index in [0.29, 0.717) is 0 Å². The van der Waals surface area contributed by atoms with Gasteiger partial charge in [-0.25, -0.2) is 0 Å². The molecule has 2 aromatic carbocycles. The highest BCUT2D eigenvalue weighted by atomic mass is 16.7. The molecule has 3 heteroatoms. The predicted molar refractivity (Wildman–Crippen MR) is 121 cm³/mol. The molecule has 150 valence electrons. The third kappa shape index (κ3) is 2.32. The summed E-state index contributed by atoms with van der Waals surface area (Å²) >= 11 is 0. The molecule has 0 atom stereocenters. The first-order chi connectivity index (χ1) is 13.4. The second kappa shape index (κ2) is 5.44. The summed E-state index contributed by atoms with van der Waals surface area (Å²) < 4.78 is 12.7. The lowest BCUT2D eigenvalue weighted by atomic mass is 9.71. The van der Waals surface area contributed by atoms with Crippen molar-refractivity contribution in [2.45, 2.75) is 77.4 Å². The fourth-order valence-corrected chi connectivity index (χ4v) is 5.51. The van der Waals surface area contributed by atoms with Gasteiger partial charge < -0.3 is 9.31 Å². The Kier molecular flexibility index (Phi) is 3.60. The molecule has 0 radical (unpaired) electrons. The van der Waals surface area contributed by atoms with Gasteiger partial charge in [-0.1, -0.05) is 70.2 Å². The van der Waals surface area contributed by atoms with Crippen LogP contribution in [0.2, 0.25) is 0 Å². The normalized spacial score (nSPS) is 24.5. The lowest BCUT2D eigenvalue weighted by Crippen LogP contribution is -2.41. The lowest BCUT2D eigenvalue weighted by molar-refractivity contribution is 0.00578. The summed E-state index contributed by atoms with van der Waals surface area (Å²) in [7, 11) is -0.322. The molecule has 29 heavy (non-hydrogen) atoms. The molecule has 1 fully saturated rings. The summed E-state index contributed by atoms with van der Waals surface area (Å²) in [6, 6.07) is 15.7. The van der Waals surface area contributed by atoms with Crippen LogP contribution in [-0.4, -0.2) is 18.3 Å². The van der Waals surface area contributed by atoms with Crippen molar-refractivity contribution in [3.05, 3.63) is 64.7 Å². The highest BCUT2D eigenvalue weighted by molar-refractivity contribution is 6.62. The van der Waals surface area contributed by atoms with Gasteiger partial charge >= 0.3 is 7.12 Å². The molecule has 5 rings (SSSR count). The molecule has 1 aliphatic heterocycles.